The Bertz CT molecular complexity index is 1260. The number of benzene rings is 2. The van der Waals surface area contributed by atoms with E-state index in [0.29, 0.717) is 35.2 Å². The van der Waals surface area contributed by atoms with Crippen LogP contribution in [0.5, 0.6) is 17.2 Å². The number of hydrogen-bond donors (Lipinski definition) is 3. The zero-order valence-corrected chi connectivity index (χ0v) is 19.1. The Labute approximate surface area is 199 Å². The molecule has 3 aromatic rings. The molecule has 0 fully saturated rings. The number of fused-ring (bicyclic) bond motifs is 1. The van der Waals surface area contributed by atoms with E-state index in [9.17, 15) is 14.4 Å². The number of ether oxygens (including phenoxy) is 3. The second kappa shape index (κ2) is 10.8. The molecule has 1 aliphatic rings. The lowest BCUT2D eigenvalue weighted by molar-refractivity contribution is -0.120. The summed E-state index contributed by atoms with van der Waals surface area (Å²) in [5.74, 6) is 1.34. The highest BCUT2D eigenvalue weighted by atomic mass is 32.2. The van der Waals surface area contributed by atoms with Gasteiger partial charge >= 0.3 is 0 Å². The molecular formula is C23H22N4O6S. The number of amides is 2. The number of aromatic amines is 1. The van der Waals surface area contributed by atoms with Gasteiger partial charge in [0.05, 0.1) is 25.0 Å². The monoisotopic (exact) mass is 482 g/mol. The first kappa shape index (κ1) is 23.2. The summed E-state index contributed by atoms with van der Waals surface area (Å²) in [6.45, 7) is 0.470. The molecule has 3 N–H and O–H groups in total. The first-order valence-corrected chi connectivity index (χ1v) is 11.3. The summed E-state index contributed by atoms with van der Waals surface area (Å²) >= 11 is 1.06. The van der Waals surface area contributed by atoms with E-state index < -0.39 is 5.56 Å². The maximum atomic E-state index is 12.3. The summed E-state index contributed by atoms with van der Waals surface area (Å²) in [5.41, 5.74) is 1.36. The predicted octanol–water partition coefficient (Wildman–Crippen LogP) is 2.10. The predicted molar refractivity (Wildman–Crippen MR) is 125 cm³/mol. The molecule has 0 radical (unpaired) electrons. The Morgan fingerprint density at radius 1 is 1.12 bits per heavy atom. The van der Waals surface area contributed by atoms with Crippen LogP contribution in [0.3, 0.4) is 0 Å². The number of methoxy groups -OCH3 is 1. The third-order valence-corrected chi connectivity index (χ3v) is 5.61. The van der Waals surface area contributed by atoms with Crippen LogP contribution in [0.25, 0.3) is 0 Å². The second-order valence-electron chi connectivity index (χ2n) is 7.25. The molecule has 0 aliphatic carbocycles. The minimum Gasteiger partial charge on any atom is -0.497 e. The maximum absolute atomic E-state index is 12.3. The van der Waals surface area contributed by atoms with Crippen LogP contribution in [0.2, 0.25) is 0 Å². The van der Waals surface area contributed by atoms with Gasteiger partial charge in [0.1, 0.15) is 5.75 Å². The van der Waals surface area contributed by atoms with Crippen molar-refractivity contribution in [3.63, 3.8) is 0 Å². The lowest BCUT2D eigenvalue weighted by Crippen LogP contribution is -2.26. The van der Waals surface area contributed by atoms with Crippen LogP contribution in [-0.2, 0) is 22.6 Å². The van der Waals surface area contributed by atoms with E-state index in [-0.39, 0.29) is 35.9 Å². The summed E-state index contributed by atoms with van der Waals surface area (Å²) in [5, 5.41) is 5.81. The molecule has 2 amide bonds. The van der Waals surface area contributed by atoms with Crippen molar-refractivity contribution in [2.75, 3.05) is 25.0 Å². The quantitative estimate of drug-likeness (QED) is 0.312. The van der Waals surface area contributed by atoms with Crippen molar-refractivity contribution < 1.29 is 23.8 Å². The van der Waals surface area contributed by atoms with Gasteiger partial charge in [-0.05, 0) is 29.8 Å². The molecule has 0 saturated carbocycles. The van der Waals surface area contributed by atoms with Gasteiger partial charge in [-0.25, -0.2) is 4.98 Å². The van der Waals surface area contributed by atoms with Crippen LogP contribution in [-0.4, -0.2) is 41.4 Å². The number of carbonyl (C=O) groups is 2. The van der Waals surface area contributed by atoms with E-state index in [1.54, 1.807) is 25.3 Å². The molecule has 1 aromatic heterocycles. The van der Waals surface area contributed by atoms with Crippen LogP contribution in [0, 0.1) is 0 Å². The minimum absolute atomic E-state index is 0.0167. The smallest absolute Gasteiger partial charge is 0.251 e. The van der Waals surface area contributed by atoms with Crippen molar-refractivity contribution in [2.45, 2.75) is 18.1 Å². The minimum atomic E-state index is -0.399. The molecule has 4 rings (SSSR count). The van der Waals surface area contributed by atoms with Crippen molar-refractivity contribution in [1.29, 1.82) is 0 Å². The number of nitrogens with zero attached hydrogens (tertiary/aromatic N) is 1. The third-order valence-electron chi connectivity index (χ3n) is 4.73. The fraction of sp³-hybridized carbons (Fsp3) is 0.217. The number of aromatic nitrogens is 2. The first-order valence-electron chi connectivity index (χ1n) is 10.3. The molecule has 176 valence electrons. The van der Waals surface area contributed by atoms with Crippen molar-refractivity contribution in [1.82, 2.24) is 15.3 Å². The largest absolute Gasteiger partial charge is 0.497 e. The molecule has 1 aliphatic heterocycles. The van der Waals surface area contributed by atoms with E-state index in [4.69, 9.17) is 14.2 Å². The zero-order valence-electron chi connectivity index (χ0n) is 18.3. The van der Waals surface area contributed by atoms with Gasteiger partial charge in [-0.2, -0.15) is 0 Å². The number of rotatable bonds is 9. The Morgan fingerprint density at radius 3 is 2.82 bits per heavy atom. The van der Waals surface area contributed by atoms with E-state index in [0.717, 1.165) is 17.3 Å². The Kier molecular flexibility index (Phi) is 7.33. The summed E-state index contributed by atoms with van der Waals surface area (Å²) in [6, 6.07) is 13.7. The molecule has 34 heavy (non-hydrogen) atoms. The highest BCUT2D eigenvalue weighted by Gasteiger charge is 2.15. The summed E-state index contributed by atoms with van der Waals surface area (Å²) < 4.78 is 15.7. The molecule has 0 atom stereocenters. The van der Waals surface area contributed by atoms with E-state index in [1.807, 2.05) is 24.3 Å². The molecule has 2 heterocycles. The van der Waals surface area contributed by atoms with Gasteiger partial charge < -0.3 is 29.8 Å². The Balaban J connectivity index is 1.29. The van der Waals surface area contributed by atoms with Crippen LogP contribution < -0.4 is 30.4 Å². The van der Waals surface area contributed by atoms with Crippen molar-refractivity contribution in [3.8, 4) is 17.2 Å². The van der Waals surface area contributed by atoms with Crippen LogP contribution in [0.4, 0.5) is 5.69 Å². The number of hydrogen-bond acceptors (Lipinski definition) is 8. The molecule has 10 nitrogen and oxygen atoms in total. The fourth-order valence-corrected chi connectivity index (χ4v) is 3.85. The first-order chi connectivity index (χ1) is 16.5. The van der Waals surface area contributed by atoms with Gasteiger partial charge in [-0.15, -0.1) is 0 Å². The average Bonchev–Trinajstić information content (AvgIpc) is 3.29. The van der Waals surface area contributed by atoms with Crippen LogP contribution in [0.1, 0.15) is 11.3 Å². The van der Waals surface area contributed by atoms with Gasteiger partial charge in [-0.1, -0.05) is 23.9 Å². The molecule has 0 unspecified atom stereocenters. The number of anilines is 1. The molecular weight excluding hydrogens is 460 g/mol. The van der Waals surface area contributed by atoms with Crippen molar-refractivity contribution in [2.24, 2.45) is 0 Å². The van der Waals surface area contributed by atoms with Gasteiger partial charge in [0.25, 0.3) is 5.56 Å². The average molecular weight is 483 g/mol. The van der Waals surface area contributed by atoms with E-state index in [1.165, 1.54) is 6.07 Å². The SMILES string of the molecule is COc1cccc(CNC(=O)Cc2cc(=O)[nH]c(SCC(=O)Nc3ccc4c(c3)OCO4)n2)c1. The van der Waals surface area contributed by atoms with Gasteiger partial charge in [-0.3, -0.25) is 14.4 Å². The third kappa shape index (κ3) is 6.29. The molecule has 0 bridgehead atoms. The van der Waals surface area contributed by atoms with Gasteiger partial charge in [0.2, 0.25) is 18.6 Å². The van der Waals surface area contributed by atoms with Gasteiger partial charge in [0.15, 0.2) is 16.7 Å². The zero-order chi connectivity index (χ0) is 23.9. The standard InChI is InChI=1S/C23H22N4O6S/c1-31-17-4-2-3-14(7-17)11-24-20(28)9-16-10-21(29)27-23(26-16)34-12-22(30)25-15-5-6-18-19(8-15)33-13-32-18/h2-8,10H,9,11-13H2,1H3,(H,24,28)(H,25,30)(H,26,27,29). The topological polar surface area (TPSA) is 132 Å². The van der Waals surface area contributed by atoms with E-state index >= 15 is 0 Å². The highest BCUT2D eigenvalue weighted by molar-refractivity contribution is 7.99. The van der Waals surface area contributed by atoms with Crippen molar-refractivity contribution >= 4 is 29.3 Å². The number of H-pyrrole nitrogens is 1. The van der Waals surface area contributed by atoms with Gasteiger partial charge in [0, 0.05) is 24.4 Å². The Hall–Kier alpha value is -3.99. The summed E-state index contributed by atoms with van der Waals surface area (Å²) in [7, 11) is 1.58. The molecule has 0 saturated heterocycles. The van der Waals surface area contributed by atoms with Crippen LogP contribution in [0.15, 0.2) is 58.5 Å². The summed E-state index contributed by atoms with van der Waals surface area (Å²) in [4.78, 5) is 43.5. The fourth-order valence-electron chi connectivity index (χ4n) is 3.16. The molecule has 11 heteroatoms. The van der Waals surface area contributed by atoms with Crippen LogP contribution >= 0.6 is 11.8 Å². The highest BCUT2D eigenvalue weighted by Crippen LogP contribution is 2.34. The van der Waals surface area contributed by atoms with E-state index in [2.05, 4.69) is 20.6 Å². The summed E-state index contributed by atoms with van der Waals surface area (Å²) in [6.07, 6.45) is -0.0646. The molecule has 0 spiro atoms. The number of thioether (sulfide) groups is 1. The Morgan fingerprint density at radius 2 is 1.97 bits per heavy atom. The maximum Gasteiger partial charge on any atom is 0.251 e. The second-order valence-corrected chi connectivity index (χ2v) is 8.22. The normalized spacial score (nSPS) is 11.7. The molecule has 2 aromatic carbocycles. The van der Waals surface area contributed by atoms with Crippen molar-refractivity contribution in [3.05, 3.63) is 70.1 Å². The lowest BCUT2D eigenvalue weighted by atomic mass is 10.2. The lowest BCUT2D eigenvalue weighted by Gasteiger charge is -2.08. The number of carbonyl (C=O) groups excluding carboxylic acids is 2. The number of nitrogens with one attached hydrogen (secondary N) is 3.